The van der Waals surface area contributed by atoms with E-state index in [-0.39, 0.29) is 11.9 Å². The lowest BCUT2D eigenvalue weighted by Crippen LogP contribution is -2.36. The topological polar surface area (TPSA) is 64.6 Å². The Kier molecular flexibility index (Phi) is 5.56. The molecule has 0 saturated heterocycles. The minimum absolute atomic E-state index is 0.188. The van der Waals surface area contributed by atoms with E-state index in [1.165, 1.54) is 0 Å². The van der Waals surface area contributed by atoms with Crippen molar-refractivity contribution in [1.29, 1.82) is 0 Å². The number of benzene rings is 2. The summed E-state index contributed by atoms with van der Waals surface area (Å²) < 4.78 is 11.2. The summed E-state index contributed by atoms with van der Waals surface area (Å²) in [6, 6.07) is 16.7. The second-order valence-electron chi connectivity index (χ2n) is 6.59. The van der Waals surface area contributed by atoms with E-state index in [1.54, 1.807) is 25.1 Å². The van der Waals surface area contributed by atoms with E-state index in [0.29, 0.717) is 11.3 Å². The van der Waals surface area contributed by atoms with Crippen LogP contribution in [0.2, 0.25) is 0 Å². The van der Waals surface area contributed by atoms with E-state index in [4.69, 9.17) is 9.47 Å². The molecule has 1 N–H and O–H groups in total. The van der Waals surface area contributed by atoms with Crippen LogP contribution in [0.5, 0.6) is 5.75 Å². The van der Waals surface area contributed by atoms with Crippen LogP contribution in [-0.2, 0) is 14.3 Å². The van der Waals surface area contributed by atoms with Gasteiger partial charge in [0.1, 0.15) is 5.75 Å². The van der Waals surface area contributed by atoms with Crippen LogP contribution in [0.3, 0.4) is 0 Å². The largest absolute Gasteiger partial charge is 0.479 e. The molecule has 0 bridgehead atoms. The van der Waals surface area contributed by atoms with Crippen LogP contribution >= 0.6 is 0 Å². The third kappa shape index (κ3) is 4.85. The lowest BCUT2D eigenvalue weighted by molar-refractivity contribution is -0.162. The van der Waals surface area contributed by atoms with Crippen LogP contribution < -0.4 is 10.1 Å². The fourth-order valence-electron chi connectivity index (χ4n) is 2.56. The highest BCUT2D eigenvalue weighted by Crippen LogP contribution is 2.24. The minimum Gasteiger partial charge on any atom is -0.479 e. The van der Waals surface area contributed by atoms with Crippen LogP contribution in [0, 0.1) is 6.92 Å². The number of aryl methyl sites for hydroxylation is 1. The number of nitrogens with one attached hydrogen (secondary N) is 1. The number of ether oxygens (including phenoxy) is 2. The quantitative estimate of drug-likeness (QED) is 0.776. The number of carbonyl (C=O) groups is 2. The van der Waals surface area contributed by atoms with Gasteiger partial charge in [0.15, 0.2) is 6.10 Å². The Bertz CT molecular complexity index is 771. The monoisotopic (exact) mass is 353 g/mol. The number of hydrogen-bond acceptors (Lipinski definition) is 4. The molecule has 5 heteroatoms. The summed E-state index contributed by atoms with van der Waals surface area (Å²) in [6.45, 7) is 3.56. The van der Waals surface area contributed by atoms with Gasteiger partial charge in [0, 0.05) is 11.6 Å². The molecule has 2 atom stereocenters. The van der Waals surface area contributed by atoms with Crippen LogP contribution in [0.4, 0.5) is 0 Å². The minimum atomic E-state index is -0.979. The zero-order valence-electron chi connectivity index (χ0n) is 15.0. The molecule has 1 aliphatic rings. The lowest BCUT2D eigenvalue weighted by atomic mass is 10.1. The average molecular weight is 353 g/mol. The predicted molar refractivity (Wildman–Crippen MR) is 97.7 cm³/mol. The highest BCUT2D eigenvalue weighted by molar-refractivity contribution is 5.86. The molecule has 1 aliphatic carbocycles. The maximum Gasteiger partial charge on any atom is 0.348 e. The summed E-state index contributed by atoms with van der Waals surface area (Å²) in [4.78, 5) is 25.0. The van der Waals surface area contributed by atoms with Crippen LogP contribution in [-0.4, -0.2) is 24.0 Å². The number of hydrogen-bond donors (Lipinski definition) is 1. The van der Waals surface area contributed by atoms with Crippen molar-refractivity contribution in [1.82, 2.24) is 5.32 Å². The standard InChI is InChI=1S/C21H23NO4/c1-14-7-6-10-18(13-14)25-15(2)21(24)26-19(16-8-4-3-5-9-16)20(23)22-17-11-12-17/h3-10,13,15,17,19H,11-12H2,1-2H3,(H,22,23)/t15-,19+/m0/s1. The zero-order chi connectivity index (χ0) is 18.5. The molecule has 0 spiro atoms. The SMILES string of the molecule is Cc1cccc(O[C@@H](C)C(=O)O[C@@H](C(=O)NC2CC2)c2ccccc2)c1. The van der Waals surface area contributed by atoms with E-state index in [2.05, 4.69) is 5.32 Å². The molecule has 1 fully saturated rings. The van der Waals surface area contributed by atoms with Gasteiger partial charge < -0.3 is 14.8 Å². The third-order valence-corrected chi connectivity index (χ3v) is 4.13. The smallest absolute Gasteiger partial charge is 0.348 e. The van der Waals surface area contributed by atoms with Gasteiger partial charge in [0.25, 0.3) is 5.91 Å². The van der Waals surface area contributed by atoms with E-state index in [9.17, 15) is 9.59 Å². The van der Waals surface area contributed by atoms with Gasteiger partial charge in [-0.05, 0) is 44.4 Å². The molecule has 2 aromatic carbocycles. The van der Waals surface area contributed by atoms with Gasteiger partial charge in [0.2, 0.25) is 6.10 Å². The molecule has 0 unspecified atom stereocenters. The van der Waals surface area contributed by atoms with Crippen LogP contribution in [0.1, 0.15) is 37.0 Å². The molecule has 26 heavy (non-hydrogen) atoms. The number of carbonyl (C=O) groups excluding carboxylic acids is 2. The summed E-state index contributed by atoms with van der Waals surface area (Å²) in [5, 5.41) is 2.90. The van der Waals surface area contributed by atoms with E-state index < -0.39 is 18.2 Å². The molecule has 2 aromatic rings. The first-order valence-electron chi connectivity index (χ1n) is 8.82. The van der Waals surface area contributed by atoms with Crippen molar-refractivity contribution in [2.45, 2.75) is 44.9 Å². The van der Waals surface area contributed by atoms with Crippen molar-refractivity contribution in [3.63, 3.8) is 0 Å². The molecule has 3 rings (SSSR count). The molecule has 0 heterocycles. The second-order valence-corrected chi connectivity index (χ2v) is 6.59. The third-order valence-electron chi connectivity index (χ3n) is 4.13. The Labute approximate surface area is 153 Å². The van der Waals surface area contributed by atoms with Gasteiger partial charge in [-0.15, -0.1) is 0 Å². The van der Waals surface area contributed by atoms with Crippen molar-refractivity contribution in [2.75, 3.05) is 0 Å². The Hall–Kier alpha value is -2.82. The first-order valence-corrected chi connectivity index (χ1v) is 8.82. The second kappa shape index (κ2) is 8.04. The highest BCUT2D eigenvalue weighted by atomic mass is 16.6. The highest BCUT2D eigenvalue weighted by Gasteiger charge is 2.32. The van der Waals surface area contributed by atoms with Gasteiger partial charge in [-0.3, -0.25) is 4.79 Å². The maximum absolute atomic E-state index is 12.5. The van der Waals surface area contributed by atoms with Crippen molar-refractivity contribution in [2.24, 2.45) is 0 Å². The van der Waals surface area contributed by atoms with Gasteiger partial charge >= 0.3 is 5.97 Å². The van der Waals surface area contributed by atoms with Crippen molar-refractivity contribution < 1.29 is 19.1 Å². The molecule has 0 aromatic heterocycles. The fraction of sp³-hybridized carbons (Fsp3) is 0.333. The molecule has 0 aliphatic heterocycles. The summed E-state index contributed by atoms with van der Waals surface area (Å²) in [5.74, 6) is -0.283. The van der Waals surface area contributed by atoms with Crippen molar-refractivity contribution in [3.8, 4) is 5.75 Å². The van der Waals surface area contributed by atoms with Gasteiger partial charge in [0.05, 0.1) is 0 Å². The number of amides is 1. The Balaban J connectivity index is 1.68. The average Bonchev–Trinajstić information content (AvgIpc) is 3.44. The van der Waals surface area contributed by atoms with Crippen LogP contribution in [0.25, 0.3) is 0 Å². The van der Waals surface area contributed by atoms with Gasteiger partial charge in [-0.25, -0.2) is 4.79 Å². The summed E-state index contributed by atoms with van der Waals surface area (Å²) in [7, 11) is 0. The number of rotatable bonds is 7. The van der Waals surface area contributed by atoms with E-state index >= 15 is 0 Å². The van der Waals surface area contributed by atoms with E-state index in [1.807, 2.05) is 43.3 Å². The van der Waals surface area contributed by atoms with Gasteiger partial charge in [-0.1, -0.05) is 42.5 Å². The first-order chi connectivity index (χ1) is 12.5. The summed E-state index contributed by atoms with van der Waals surface area (Å²) in [5.41, 5.74) is 1.68. The number of esters is 1. The maximum atomic E-state index is 12.5. The molecular formula is C21H23NO4. The van der Waals surface area contributed by atoms with Crippen molar-refractivity contribution >= 4 is 11.9 Å². The fourth-order valence-corrected chi connectivity index (χ4v) is 2.56. The normalized spacial score (nSPS) is 15.6. The van der Waals surface area contributed by atoms with Gasteiger partial charge in [-0.2, -0.15) is 0 Å². The lowest BCUT2D eigenvalue weighted by Gasteiger charge is -2.21. The Morgan fingerprint density at radius 2 is 1.81 bits per heavy atom. The predicted octanol–water partition coefficient (Wildman–Crippen LogP) is 3.33. The molecule has 1 amide bonds. The molecule has 136 valence electrons. The van der Waals surface area contributed by atoms with E-state index in [0.717, 1.165) is 18.4 Å². The molecule has 0 radical (unpaired) electrons. The Morgan fingerprint density at radius 1 is 1.08 bits per heavy atom. The molecule has 1 saturated carbocycles. The first kappa shape index (κ1) is 18.0. The van der Waals surface area contributed by atoms with Crippen LogP contribution in [0.15, 0.2) is 54.6 Å². The zero-order valence-corrected chi connectivity index (χ0v) is 15.0. The Morgan fingerprint density at radius 3 is 2.46 bits per heavy atom. The van der Waals surface area contributed by atoms with Crippen molar-refractivity contribution in [3.05, 3.63) is 65.7 Å². The summed E-state index contributed by atoms with van der Waals surface area (Å²) >= 11 is 0. The molecular weight excluding hydrogens is 330 g/mol. The summed E-state index contributed by atoms with van der Waals surface area (Å²) in [6.07, 6.45) is 0.131. The molecule has 5 nitrogen and oxygen atoms in total.